The fourth-order valence-electron chi connectivity index (χ4n) is 1.57. The quantitative estimate of drug-likeness (QED) is 0.223. The zero-order valence-corrected chi connectivity index (χ0v) is 12.2. The highest BCUT2D eigenvalue weighted by atomic mass is 16.7. The average Bonchev–Trinajstić information content (AvgIpc) is 2.50. The molecule has 0 spiro atoms. The summed E-state index contributed by atoms with van der Waals surface area (Å²) in [6.07, 6.45) is 0.108. The van der Waals surface area contributed by atoms with Gasteiger partial charge in [0.1, 0.15) is 0 Å². The Labute approximate surface area is 126 Å². The number of nitrogens with zero attached hydrogens (tertiary/aromatic N) is 7. The molecule has 0 saturated heterocycles. The highest BCUT2D eigenvalue weighted by Gasteiger charge is 2.49. The van der Waals surface area contributed by atoms with Crippen LogP contribution in [0.15, 0.2) is 31.4 Å². The molecule has 0 radical (unpaired) electrons. The standard InChI is InChI=1S/C10H16N8O4/c1-3-5-10(6-7-11,8(19)21-4-2)9(20)22-18-17-16-15-14-13-12/h3-6H2,1-2H3,(H2,12,14,16,18)/t10-/m1/s1. The van der Waals surface area contributed by atoms with Crippen LogP contribution in [-0.2, 0) is 19.2 Å². The summed E-state index contributed by atoms with van der Waals surface area (Å²) in [5.74, 6) is 2.73. The molecular formula is C10H16N8O4. The first-order chi connectivity index (χ1) is 10.6. The van der Waals surface area contributed by atoms with E-state index in [0.717, 1.165) is 0 Å². The Balaban J connectivity index is 5.11. The van der Waals surface area contributed by atoms with Crippen molar-refractivity contribution >= 4 is 11.9 Å². The van der Waals surface area contributed by atoms with E-state index in [4.69, 9.17) is 10.00 Å². The van der Waals surface area contributed by atoms with Crippen LogP contribution in [0.3, 0.4) is 0 Å². The van der Waals surface area contributed by atoms with Crippen LogP contribution in [0.2, 0.25) is 0 Å². The lowest BCUT2D eigenvalue weighted by molar-refractivity contribution is -0.173. The Kier molecular flexibility index (Phi) is 9.32. The molecule has 2 N–H and O–H groups in total. The van der Waals surface area contributed by atoms with Crippen LogP contribution in [0.1, 0.15) is 33.1 Å². The van der Waals surface area contributed by atoms with Crippen LogP contribution in [0, 0.1) is 16.7 Å². The maximum absolute atomic E-state index is 12.1. The van der Waals surface area contributed by atoms with E-state index < -0.39 is 23.8 Å². The topological polar surface area (TPSA) is 177 Å². The first-order valence-corrected chi connectivity index (χ1v) is 6.24. The van der Waals surface area contributed by atoms with Gasteiger partial charge in [0.2, 0.25) is 0 Å². The molecule has 0 aliphatic carbocycles. The molecule has 0 amide bonds. The van der Waals surface area contributed by atoms with Crippen molar-refractivity contribution in [1.29, 1.82) is 5.26 Å². The lowest BCUT2D eigenvalue weighted by atomic mass is 9.80. The van der Waals surface area contributed by atoms with Crippen molar-refractivity contribution < 1.29 is 19.2 Å². The summed E-state index contributed by atoms with van der Waals surface area (Å²) in [6, 6.07) is 1.77. The second kappa shape index (κ2) is 10.8. The van der Waals surface area contributed by atoms with E-state index in [1.54, 1.807) is 19.9 Å². The van der Waals surface area contributed by atoms with E-state index in [0.29, 0.717) is 6.42 Å². The van der Waals surface area contributed by atoms with E-state index in [2.05, 4.69) is 42.1 Å². The predicted octanol–water partition coefficient (Wildman–Crippen LogP) is 1.77. The summed E-state index contributed by atoms with van der Waals surface area (Å²) < 4.78 is 4.85. The lowest BCUT2D eigenvalue weighted by Gasteiger charge is -2.24. The van der Waals surface area contributed by atoms with Crippen LogP contribution in [0.4, 0.5) is 0 Å². The van der Waals surface area contributed by atoms with Crippen molar-refractivity contribution in [2.45, 2.75) is 33.1 Å². The minimum Gasteiger partial charge on any atom is -0.465 e. The van der Waals surface area contributed by atoms with E-state index >= 15 is 0 Å². The zero-order valence-electron chi connectivity index (χ0n) is 12.2. The van der Waals surface area contributed by atoms with Gasteiger partial charge in [0, 0.05) is 10.4 Å². The smallest absolute Gasteiger partial charge is 0.355 e. The second-order valence-corrected chi connectivity index (χ2v) is 3.82. The summed E-state index contributed by atoms with van der Waals surface area (Å²) in [7, 11) is 0. The van der Waals surface area contributed by atoms with Crippen molar-refractivity contribution in [3.8, 4) is 6.07 Å². The SMILES string of the molecule is CCC[C@@](CC#N)(C(=O)OCC)C(=O)ON=NN=NN=NN. The molecule has 0 aliphatic rings. The predicted molar refractivity (Wildman–Crippen MR) is 69.1 cm³/mol. The van der Waals surface area contributed by atoms with Crippen molar-refractivity contribution in [2.75, 3.05) is 6.61 Å². The monoisotopic (exact) mass is 312 g/mol. The molecule has 0 saturated carbocycles. The van der Waals surface area contributed by atoms with Crippen LogP contribution in [-0.4, -0.2) is 18.5 Å². The van der Waals surface area contributed by atoms with Gasteiger partial charge in [-0.15, -0.1) is 0 Å². The maximum Gasteiger partial charge on any atom is 0.355 e. The number of hydrogen-bond acceptors (Lipinski definition) is 7. The molecule has 0 aromatic rings. The van der Waals surface area contributed by atoms with Gasteiger partial charge < -0.3 is 10.6 Å². The normalized spacial score (nSPS) is 14.0. The van der Waals surface area contributed by atoms with E-state index in [9.17, 15) is 9.59 Å². The lowest BCUT2D eigenvalue weighted by Crippen LogP contribution is -2.41. The van der Waals surface area contributed by atoms with E-state index in [1.165, 1.54) is 0 Å². The number of ether oxygens (including phenoxy) is 1. The molecule has 0 aromatic heterocycles. The Hall–Kier alpha value is -2.97. The van der Waals surface area contributed by atoms with Gasteiger partial charge in [-0.1, -0.05) is 18.6 Å². The minimum absolute atomic E-state index is 0.0584. The van der Waals surface area contributed by atoms with Crippen LogP contribution < -0.4 is 5.84 Å². The van der Waals surface area contributed by atoms with Gasteiger partial charge in [0.15, 0.2) is 5.41 Å². The van der Waals surface area contributed by atoms with Gasteiger partial charge in [-0.25, -0.2) is 4.79 Å². The molecule has 1 atom stereocenters. The first kappa shape index (κ1) is 19.0. The number of esters is 1. The number of carbonyl (C=O) groups is 2. The molecule has 0 fully saturated rings. The Morgan fingerprint density at radius 3 is 2.41 bits per heavy atom. The number of nitrogens with two attached hydrogens (primary N) is 1. The summed E-state index contributed by atoms with van der Waals surface area (Å²) in [4.78, 5) is 28.6. The summed E-state index contributed by atoms with van der Waals surface area (Å²) >= 11 is 0. The van der Waals surface area contributed by atoms with E-state index in [1.807, 2.05) is 0 Å². The molecule has 0 rings (SSSR count). The summed E-state index contributed by atoms with van der Waals surface area (Å²) in [6.45, 7) is 3.38. The fourth-order valence-corrected chi connectivity index (χ4v) is 1.57. The van der Waals surface area contributed by atoms with Crippen LogP contribution in [0.5, 0.6) is 0 Å². The van der Waals surface area contributed by atoms with Gasteiger partial charge in [-0.3, -0.25) is 9.63 Å². The van der Waals surface area contributed by atoms with Crippen LogP contribution >= 0.6 is 0 Å². The Bertz CT molecular complexity index is 498. The van der Waals surface area contributed by atoms with Gasteiger partial charge in [-0.05, 0) is 23.8 Å². The third-order valence-corrected chi connectivity index (χ3v) is 2.45. The Morgan fingerprint density at radius 2 is 1.86 bits per heavy atom. The van der Waals surface area contributed by atoms with Gasteiger partial charge >= 0.3 is 11.9 Å². The molecule has 22 heavy (non-hydrogen) atoms. The molecule has 0 unspecified atom stereocenters. The zero-order chi connectivity index (χ0) is 16.8. The van der Waals surface area contributed by atoms with Crippen LogP contribution in [0.25, 0.3) is 0 Å². The van der Waals surface area contributed by atoms with Gasteiger partial charge in [0.25, 0.3) is 0 Å². The summed E-state index contributed by atoms with van der Waals surface area (Å²) in [5, 5.41) is 26.4. The highest BCUT2D eigenvalue weighted by Crippen LogP contribution is 2.32. The number of hydrogen-bond donors (Lipinski definition) is 1. The van der Waals surface area contributed by atoms with Gasteiger partial charge in [0.05, 0.1) is 24.4 Å². The van der Waals surface area contributed by atoms with Crippen molar-refractivity contribution in [2.24, 2.45) is 42.7 Å². The molecule has 0 aromatic carbocycles. The number of rotatable bonds is 9. The van der Waals surface area contributed by atoms with Crippen molar-refractivity contribution in [3.63, 3.8) is 0 Å². The maximum atomic E-state index is 12.1. The molecule has 12 nitrogen and oxygen atoms in total. The van der Waals surface area contributed by atoms with Crippen molar-refractivity contribution in [3.05, 3.63) is 0 Å². The fraction of sp³-hybridized carbons (Fsp3) is 0.700. The number of carbonyl (C=O) groups excluding carboxylic acids is 2. The molecule has 0 aliphatic heterocycles. The van der Waals surface area contributed by atoms with Crippen molar-refractivity contribution in [1.82, 2.24) is 0 Å². The minimum atomic E-state index is -1.76. The molecule has 0 bridgehead atoms. The molecular weight excluding hydrogens is 296 g/mol. The highest BCUT2D eigenvalue weighted by molar-refractivity contribution is 6.00. The first-order valence-electron chi connectivity index (χ1n) is 6.24. The molecule has 0 heterocycles. The molecule has 12 heteroatoms. The average molecular weight is 312 g/mol. The second-order valence-electron chi connectivity index (χ2n) is 3.82. The third kappa shape index (κ3) is 5.57. The molecule has 120 valence electrons. The number of nitriles is 1. The summed E-state index contributed by atoms with van der Waals surface area (Å²) in [5.41, 5.74) is -1.76. The largest absolute Gasteiger partial charge is 0.465 e. The van der Waals surface area contributed by atoms with E-state index in [-0.39, 0.29) is 13.0 Å². The van der Waals surface area contributed by atoms with Gasteiger partial charge in [-0.2, -0.15) is 5.26 Å². The Morgan fingerprint density at radius 1 is 1.18 bits per heavy atom. The third-order valence-electron chi connectivity index (χ3n) is 2.45.